The molecular weight excluding hydrogens is 378 g/mol. The molecule has 1 saturated heterocycles. The van der Waals surface area contributed by atoms with E-state index in [0.29, 0.717) is 11.7 Å². The third-order valence-electron chi connectivity index (χ3n) is 7.57. The van der Waals surface area contributed by atoms with Crippen molar-refractivity contribution in [2.45, 2.75) is 38.0 Å². The smallest absolute Gasteiger partial charge is 0.169 e. The number of rotatable bonds is 5. The lowest BCUT2D eigenvalue weighted by Gasteiger charge is -2.43. The monoisotopic (exact) mass is 409 g/mol. The van der Waals surface area contributed by atoms with Gasteiger partial charge < -0.3 is 4.90 Å². The first-order chi connectivity index (χ1) is 15.3. The third-order valence-corrected chi connectivity index (χ3v) is 7.57. The number of benzene rings is 3. The summed E-state index contributed by atoms with van der Waals surface area (Å²) in [4.78, 5) is 15.9. The quantitative estimate of drug-likeness (QED) is 0.506. The number of carbonyl (C=O) groups is 1. The summed E-state index contributed by atoms with van der Waals surface area (Å²) in [6.07, 6.45) is 5.18. The van der Waals surface area contributed by atoms with Gasteiger partial charge in [-0.15, -0.1) is 0 Å². The van der Waals surface area contributed by atoms with Crippen molar-refractivity contribution in [3.05, 3.63) is 107 Å². The maximum atomic E-state index is 13.3. The summed E-state index contributed by atoms with van der Waals surface area (Å²) in [5, 5.41) is 0. The van der Waals surface area contributed by atoms with Crippen molar-refractivity contribution >= 4 is 5.78 Å². The van der Waals surface area contributed by atoms with Crippen LogP contribution in [0, 0.1) is 5.41 Å². The lowest BCUT2D eigenvalue weighted by Crippen LogP contribution is -2.46. The molecule has 3 aromatic rings. The number of ketones is 1. The van der Waals surface area contributed by atoms with Gasteiger partial charge in [-0.25, -0.2) is 0 Å². The highest BCUT2D eigenvalue weighted by Gasteiger charge is 2.44. The van der Waals surface area contributed by atoms with E-state index in [9.17, 15) is 4.79 Å². The maximum Gasteiger partial charge on any atom is 0.169 e. The zero-order chi connectivity index (χ0) is 21.1. The van der Waals surface area contributed by atoms with E-state index < -0.39 is 0 Å². The lowest BCUT2D eigenvalue weighted by molar-refractivity contribution is 0.0538. The molecule has 0 amide bonds. The molecule has 1 aliphatic carbocycles. The molecular formula is C29H31NO. The highest BCUT2D eigenvalue weighted by atomic mass is 16.1. The number of hydrogen-bond acceptors (Lipinski definition) is 2. The molecule has 1 fully saturated rings. The van der Waals surface area contributed by atoms with E-state index in [1.54, 1.807) is 0 Å². The number of carbonyl (C=O) groups excluding carboxylic acids is 1. The summed E-state index contributed by atoms with van der Waals surface area (Å²) < 4.78 is 0. The first-order valence-electron chi connectivity index (χ1n) is 11.7. The van der Waals surface area contributed by atoms with Gasteiger partial charge >= 0.3 is 0 Å². The van der Waals surface area contributed by atoms with Gasteiger partial charge in [-0.2, -0.15) is 0 Å². The van der Waals surface area contributed by atoms with Gasteiger partial charge in [-0.05, 0) is 68.4 Å². The normalized spacial score (nSPS) is 18.3. The third kappa shape index (κ3) is 4.09. The molecule has 2 nitrogen and oxygen atoms in total. The first-order valence-corrected chi connectivity index (χ1v) is 11.7. The number of aryl methyl sites for hydroxylation is 1. The van der Waals surface area contributed by atoms with Gasteiger partial charge in [0.25, 0.3) is 0 Å². The second-order valence-corrected chi connectivity index (χ2v) is 9.27. The first kappa shape index (κ1) is 20.2. The van der Waals surface area contributed by atoms with Crippen molar-refractivity contribution in [2.24, 2.45) is 5.41 Å². The van der Waals surface area contributed by atoms with Crippen molar-refractivity contribution in [1.82, 2.24) is 4.90 Å². The summed E-state index contributed by atoms with van der Waals surface area (Å²) >= 11 is 0. The fourth-order valence-electron chi connectivity index (χ4n) is 5.62. The van der Waals surface area contributed by atoms with Crippen LogP contribution in [-0.4, -0.2) is 30.3 Å². The molecule has 2 aliphatic rings. The lowest BCUT2D eigenvalue weighted by atomic mass is 9.65. The van der Waals surface area contributed by atoms with Crippen molar-refractivity contribution in [2.75, 3.05) is 19.6 Å². The van der Waals surface area contributed by atoms with Gasteiger partial charge in [-0.3, -0.25) is 4.79 Å². The Hall–Kier alpha value is -2.71. The number of hydrogen-bond donors (Lipinski definition) is 0. The molecule has 3 aromatic carbocycles. The topological polar surface area (TPSA) is 20.3 Å². The van der Waals surface area contributed by atoms with Gasteiger partial charge in [-0.1, -0.05) is 84.9 Å². The molecule has 31 heavy (non-hydrogen) atoms. The van der Waals surface area contributed by atoms with E-state index in [4.69, 9.17) is 0 Å². The van der Waals surface area contributed by atoms with E-state index in [1.807, 2.05) is 12.1 Å². The second-order valence-electron chi connectivity index (χ2n) is 9.27. The van der Waals surface area contributed by atoms with E-state index in [1.165, 1.54) is 16.7 Å². The Bertz CT molecular complexity index is 979. The fourth-order valence-corrected chi connectivity index (χ4v) is 5.62. The van der Waals surface area contributed by atoms with Crippen LogP contribution >= 0.6 is 0 Å². The highest BCUT2D eigenvalue weighted by Crippen LogP contribution is 2.43. The number of fused-ring (bicyclic) bond motifs is 1. The Balaban J connectivity index is 1.25. The van der Waals surface area contributed by atoms with Crippen molar-refractivity contribution in [1.29, 1.82) is 0 Å². The van der Waals surface area contributed by atoms with E-state index in [0.717, 1.165) is 57.3 Å². The zero-order valence-electron chi connectivity index (χ0n) is 18.2. The van der Waals surface area contributed by atoms with Crippen LogP contribution in [0.2, 0.25) is 0 Å². The Morgan fingerprint density at radius 3 is 1.97 bits per heavy atom. The number of nitrogens with zero attached hydrogens (tertiary/aromatic N) is 1. The van der Waals surface area contributed by atoms with Crippen LogP contribution in [0.4, 0.5) is 0 Å². The van der Waals surface area contributed by atoms with Crippen LogP contribution in [0.25, 0.3) is 0 Å². The van der Waals surface area contributed by atoms with Gasteiger partial charge in [0.2, 0.25) is 0 Å². The number of piperidine rings is 1. The SMILES string of the molecule is O=C1c2ccccc2CCC12CCN(CCC(c1ccccc1)c1ccccc1)CC2. The molecule has 0 unspecified atom stereocenters. The average Bonchev–Trinajstić information content (AvgIpc) is 2.84. The Kier molecular flexibility index (Phi) is 5.74. The minimum Gasteiger partial charge on any atom is -0.303 e. The van der Waals surface area contributed by atoms with Gasteiger partial charge in [0.15, 0.2) is 5.78 Å². The highest BCUT2D eigenvalue weighted by molar-refractivity contribution is 6.02. The predicted octanol–water partition coefficient (Wildman–Crippen LogP) is 6.12. The predicted molar refractivity (Wildman–Crippen MR) is 127 cm³/mol. The molecule has 0 N–H and O–H groups in total. The van der Waals surface area contributed by atoms with Crippen LogP contribution < -0.4 is 0 Å². The van der Waals surface area contributed by atoms with Crippen molar-refractivity contribution in [3.63, 3.8) is 0 Å². The standard InChI is InChI=1S/C29H31NO/c31-28-27-14-8-7-13-25(27)15-17-29(28)18-21-30(22-19-29)20-16-26(23-9-3-1-4-10-23)24-11-5-2-6-12-24/h1-14,26H,15-22H2. The molecule has 0 saturated carbocycles. The zero-order valence-corrected chi connectivity index (χ0v) is 18.2. The van der Waals surface area contributed by atoms with Crippen LogP contribution in [0.15, 0.2) is 84.9 Å². The molecule has 1 spiro atoms. The molecule has 0 bridgehead atoms. The molecule has 0 radical (unpaired) electrons. The van der Waals surface area contributed by atoms with Crippen LogP contribution in [0.3, 0.4) is 0 Å². The summed E-state index contributed by atoms with van der Waals surface area (Å²) in [6, 6.07) is 30.0. The van der Waals surface area contributed by atoms with Gasteiger partial charge in [0.05, 0.1) is 0 Å². The molecule has 0 aromatic heterocycles. The van der Waals surface area contributed by atoms with E-state index in [-0.39, 0.29) is 5.41 Å². The molecule has 5 rings (SSSR count). The molecule has 2 heteroatoms. The van der Waals surface area contributed by atoms with E-state index in [2.05, 4.69) is 77.7 Å². The molecule has 1 aliphatic heterocycles. The summed E-state index contributed by atoms with van der Waals surface area (Å²) in [5.74, 6) is 0.821. The van der Waals surface area contributed by atoms with Gasteiger partial charge in [0.1, 0.15) is 0 Å². The van der Waals surface area contributed by atoms with E-state index >= 15 is 0 Å². The Labute approximate surface area is 185 Å². The largest absolute Gasteiger partial charge is 0.303 e. The van der Waals surface area contributed by atoms with Crippen LogP contribution in [-0.2, 0) is 6.42 Å². The van der Waals surface area contributed by atoms with Crippen molar-refractivity contribution in [3.8, 4) is 0 Å². The minimum absolute atomic E-state index is 0.122. The Morgan fingerprint density at radius 1 is 0.742 bits per heavy atom. The molecule has 0 atom stereocenters. The number of Topliss-reactive ketones (excluding diaryl/α,β-unsaturated/α-hetero) is 1. The summed E-state index contributed by atoms with van der Waals surface area (Å²) in [6.45, 7) is 3.14. The average molecular weight is 410 g/mol. The minimum atomic E-state index is -0.122. The van der Waals surface area contributed by atoms with Crippen LogP contribution in [0.5, 0.6) is 0 Å². The van der Waals surface area contributed by atoms with Gasteiger partial charge in [0, 0.05) is 16.9 Å². The maximum absolute atomic E-state index is 13.3. The summed E-state index contributed by atoms with van der Waals surface area (Å²) in [7, 11) is 0. The summed E-state index contributed by atoms with van der Waals surface area (Å²) in [5.41, 5.74) is 4.88. The molecule has 1 heterocycles. The Morgan fingerprint density at radius 2 is 1.32 bits per heavy atom. The van der Waals surface area contributed by atoms with Crippen molar-refractivity contribution < 1.29 is 4.79 Å². The van der Waals surface area contributed by atoms with Crippen LogP contribution in [0.1, 0.15) is 58.6 Å². The fraction of sp³-hybridized carbons (Fsp3) is 0.345. The number of likely N-dealkylation sites (tertiary alicyclic amines) is 1. The molecule has 158 valence electrons. The second kappa shape index (κ2) is 8.80.